The highest BCUT2D eigenvalue weighted by atomic mass is 32.2. The summed E-state index contributed by atoms with van der Waals surface area (Å²) in [7, 11) is 1.66. The fourth-order valence-corrected chi connectivity index (χ4v) is 5.66. The van der Waals surface area contributed by atoms with Gasteiger partial charge < -0.3 is 14.7 Å². The second-order valence-electron chi connectivity index (χ2n) is 9.58. The molecule has 1 aliphatic rings. The van der Waals surface area contributed by atoms with E-state index in [2.05, 4.69) is 9.80 Å². The molecule has 198 valence electrons. The molecule has 4 nitrogen and oxygen atoms in total. The standard InChI is InChI=1S/C30H36F2N2O2S/c1-36-28-12-14-29(15-13-28)37-22-27(35)21-34-19-17-33(18-20-34)16-2-3-30(23-4-8-25(31)9-5-23)24-6-10-26(32)11-7-24/h4-15,27,30,35H,2-3,16-22H2,1H3. The number of piperazine rings is 1. The van der Waals surface area contributed by atoms with Crippen LogP contribution in [-0.2, 0) is 0 Å². The lowest BCUT2D eigenvalue weighted by Crippen LogP contribution is -2.49. The van der Waals surface area contributed by atoms with E-state index in [1.54, 1.807) is 18.9 Å². The largest absolute Gasteiger partial charge is 0.497 e. The molecule has 3 aromatic carbocycles. The Labute approximate surface area is 223 Å². The molecule has 1 fully saturated rings. The summed E-state index contributed by atoms with van der Waals surface area (Å²) in [6, 6.07) is 21.2. The first-order valence-corrected chi connectivity index (χ1v) is 13.9. The topological polar surface area (TPSA) is 35.9 Å². The quantitative estimate of drug-likeness (QED) is 0.309. The molecule has 0 radical (unpaired) electrons. The molecule has 1 unspecified atom stereocenters. The number of methoxy groups -OCH3 is 1. The number of β-amino-alcohol motifs (C(OH)–C–C–N with tert-alkyl or cyclic N) is 1. The molecule has 0 bridgehead atoms. The fraction of sp³-hybridized carbons (Fsp3) is 0.400. The van der Waals surface area contributed by atoms with Crippen molar-refractivity contribution in [2.75, 3.05) is 52.1 Å². The first-order chi connectivity index (χ1) is 18.0. The molecule has 1 aliphatic heterocycles. The Morgan fingerprint density at radius 1 is 0.811 bits per heavy atom. The van der Waals surface area contributed by atoms with E-state index >= 15 is 0 Å². The summed E-state index contributed by atoms with van der Waals surface area (Å²) in [4.78, 5) is 5.95. The van der Waals surface area contributed by atoms with Gasteiger partial charge >= 0.3 is 0 Å². The van der Waals surface area contributed by atoms with Crippen molar-refractivity contribution in [1.82, 2.24) is 9.80 Å². The van der Waals surface area contributed by atoms with Crippen LogP contribution < -0.4 is 4.74 Å². The Morgan fingerprint density at radius 2 is 1.35 bits per heavy atom. The van der Waals surface area contributed by atoms with E-state index in [0.717, 1.165) is 67.3 Å². The normalized spacial score (nSPS) is 15.7. The number of ether oxygens (including phenoxy) is 1. The van der Waals surface area contributed by atoms with Crippen LogP contribution in [0.1, 0.15) is 29.9 Å². The van der Waals surface area contributed by atoms with Crippen LogP contribution in [0.3, 0.4) is 0 Å². The number of thioether (sulfide) groups is 1. The summed E-state index contributed by atoms with van der Waals surface area (Å²) >= 11 is 1.66. The summed E-state index contributed by atoms with van der Waals surface area (Å²) in [6.45, 7) is 5.54. The number of hydrogen-bond donors (Lipinski definition) is 1. The number of halogens is 2. The number of aliphatic hydroxyl groups excluding tert-OH is 1. The molecule has 0 aliphatic carbocycles. The van der Waals surface area contributed by atoms with Crippen LogP contribution in [0.25, 0.3) is 0 Å². The van der Waals surface area contributed by atoms with E-state index in [1.807, 2.05) is 48.5 Å². The second kappa shape index (κ2) is 13.9. The van der Waals surface area contributed by atoms with Gasteiger partial charge in [0.15, 0.2) is 0 Å². The molecule has 0 aromatic heterocycles. The van der Waals surface area contributed by atoms with Crippen LogP contribution >= 0.6 is 11.8 Å². The minimum absolute atomic E-state index is 0.112. The summed E-state index contributed by atoms with van der Waals surface area (Å²) in [6.07, 6.45) is 1.55. The van der Waals surface area contributed by atoms with Gasteiger partial charge in [-0.05, 0) is 79.0 Å². The highest BCUT2D eigenvalue weighted by Crippen LogP contribution is 2.30. The van der Waals surface area contributed by atoms with Crippen LogP contribution in [0.15, 0.2) is 77.7 Å². The molecule has 4 rings (SSSR count). The fourth-order valence-electron chi connectivity index (χ4n) is 4.85. The predicted octanol–water partition coefficient (Wildman–Crippen LogP) is 5.66. The lowest BCUT2D eigenvalue weighted by molar-refractivity contribution is 0.0819. The zero-order valence-corrected chi connectivity index (χ0v) is 22.2. The first-order valence-electron chi connectivity index (χ1n) is 12.9. The van der Waals surface area contributed by atoms with Gasteiger partial charge in [0, 0.05) is 49.3 Å². The van der Waals surface area contributed by atoms with Crippen molar-refractivity contribution in [3.05, 3.63) is 95.6 Å². The predicted molar refractivity (Wildman–Crippen MR) is 146 cm³/mol. The Balaban J connectivity index is 1.19. The van der Waals surface area contributed by atoms with Crippen molar-refractivity contribution in [2.24, 2.45) is 0 Å². The van der Waals surface area contributed by atoms with Crippen LogP contribution in [-0.4, -0.2) is 73.1 Å². The summed E-state index contributed by atoms with van der Waals surface area (Å²) in [5.41, 5.74) is 2.11. The minimum Gasteiger partial charge on any atom is -0.497 e. The Bertz CT molecular complexity index is 1030. The van der Waals surface area contributed by atoms with Crippen LogP contribution in [0.5, 0.6) is 5.75 Å². The maximum atomic E-state index is 13.5. The van der Waals surface area contributed by atoms with Crippen LogP contribution in [0, 0.1) is 11.6 Å². The van der Waals surface area contributed by atoms with Gasteiger partial charge in [-0.1, -0.05) is 24.3 Å². The van der Waals surface area contributed by atoms with Crippen molar-refractivity contribution in [2.45, 2.75) is 29.8 Å². The monoisotopic (exact) mass is 526 g/mol. The zero-order chi connectivity index (χ0) is 26.0. The molecular weight excluding hydrogens is 490 g/mol. The van der Waals surface area contributed by atoms with E-state index in [4.69, 9.17) is 4.74 Å². The van der Waals surface area contributed by atoms with Gasteiger partial charge in [-0.2, -0.15) is 0 Å². The molecule has 37 heavy (non-hydrogen) atoms. The average Bonchev–Trinajstić information content (AvgIpc) is 2.92. The molecular formula is C30H36F2N2O2S. The third-order valence-corrected chi connectivity index (χ3v) is 8.10. The van der Waals surface area contributed by atoms with E-state index in [1.165, 1.54) is 24.3 Å². The van der Waals surface area contributed by atoms with Crippen LogP contribution in [0.2, 0.25) is 0 Å². The van der Waals surface area contributed by atoms with Gasteiger partial charge in [-0.3, -0.25) is 4.90 Å². The molecule has 0 saturated carbocycles. The summed E-state index contributed by atoms with van der Waals surface area (Å²) in [5, 5.41) is 10.5. The van der Waals surface area contributed by atoms with Crippen molar-refractivity contribution >= 4 is 11.8 Å². The first kappa shape index (κ1) is 27.6. The zero-order valence-electron chi connectivity index (χ0n) is 21.4. The van der Waals surface area contributed by atoms with E-state index in [-0.39, 0.29) is 23.7 Å². The SMILES string of the molecule is COc1ccc(SCC(O)CN2CCN(CCCC(c3ccc(F)cc3)c3ccc(F)cc3)CC2)cc1. The van der Waals surface area contributed by atoms with Crippen molar-refractivity contribution in [3.8, 4) is 5.75 Å². The molecule has 7 heteroatoms. The average molecular weight is 527 g/mol. The maximum Gasteiger partial charge on any atom is 0.123 e. The number of benzene rings is 3. The Kier molecular flexibility index (Phi) is 10.4. The smallest absolute Gasteiger partial charge is 0.123 e. The van der Waals surface area contributed by atoms with E-state index in [9.17, 15) is 13.9 Å². The van der Waals surface area contributed by atoms with E-state index in [0.29, 0.717) is 12.3 Å². The summed E-state index contributed by atoms with van der Waals surface area (Å²) in [5.74, 6) is 1.12. The Hall–Kier alpha value is -2.45. The third-order valence-electron chi connectivity index (χ3n) is 6.95. The maximum absolute atomic E-state index is 13.5. The lowest BCUT2D eigenvalue weighted by atomic mass is 9.87. The highest BCUT2D eigenvalue weighted by molar-refractivity contribution is 7.99. The lowest BCUT2D eigenvalue weighted by Gasteiger charge is -2.35. The molecule has 3 aromatic rings. The van der Waals surface area contributed by atoms with Crippen molar-refractivity contribution in [1.29, 1.82) is 0 Å². The third kappa shape index (κ3) is 8.54. The Morgan fingerprint density at radius 3 is 1.89 bits per heavy atom. The molecule has 1 heterocycles. The van der Waals surface area contributed by atoms with Gasteiger partial charge in [0.25, 0.3) is 0 Å². The van der Waals surface area contributed by atoms with Gasteiger partial charge in [-0.25, -0.2) is 8.78 Å². The number of nitrogens with zero attached hydrogens (tertiary/aromatic N) is 2. The van der Waals surface area contributed by atoms with Gasteiger partial charge in [0.2, 0.25) is 0 Å². The minimum atomic E-state index is -0.370. The number of hydrogen-bond acceptors (Lipinski definition) is 5. The van der Waals surface area contributed by atoms with Gasteiger partial charge in [-0.15, -0.1) is 11.8 Å². The van der Waals surface area contributed by atoms with Crippen molar-refractivity contribution in [3.63, 3.8) is 0 Å². The van der Waals surface area contributed by atoms with Crippen molar-refractivity contribution < 1.29 is 18.6 Å². The molecule has 0 spiro atoms. The number of aliphatic hydroxyl groups is 1. The second-order valence-corrected chi connectivity index (χ2v) is 10.7. The van der Waals surface area contributed by atoms with Gasteiger partial charge in [0.1, 0.15) is 17.4 Å². The van der Waals surface area contributed by atoms with Crippen LogP contribution in [0.4, 0.5) is 8.78 Å². The highest BCUT2D eigenvalue weighted by Gasteiger charge is 2.20. The molecule has 1 atom stereocenters. The number of rotatable bonds is 12. The molecule has 1 saturated heterocycles. The van der Waals surface area contributed by atoms with E-state index < -0.39 is 0 Å². The molecule has 0 amide bonds. The summed E-state index contributed by atoms with van der Waals surface area (Å²) < 4.78 is 32.1. The van der Waals surface area contributed by atoms with Gasteiger partial charge in [0.05, 0.1) is 13.2 Å². The molecule has 1 N–H and O–H groups in total.